The third kappa shape index (κ3) is 4.61. The van der Waals surface area contributed by atoms with Gasteiger partial charge < -0.3 is 10.2 Å². The number of aromatic nitrogens is 4. The predicted molar refractivity (Wildman–Crippen MR) is 112 cm³/mol. The molecule has 1 aliphatic rings. The maximum absolute atomic E-state index is 14.3. The molecule has 0 aliphatic carbocycles. The van der Waals surface area contributed by atoms with Gasteiger partial charge in [-0.25, -0.2) is 18.4 Å². The van der Waals surface area contributed by atoms with Crippen molar-refractivity contribution in [2.75, 3.05) is 24.5 Å². The second-order valence-electron chi connectivity index (χ2n) is 7.83. The number of hydrogen-bond donors (Lipinski definition) is 1. The van der Waals surface area contributed by atoms with Gasteiger partial charge in [-0.3, -0.25) is 4.79 Å². The second-order valence-corrected chi connectivity index (χ2v) is 7.83. The molecule has 1 saturated heterocycles. The summed E-state index contributed by atoms with van der Waals surface area (Å²) >= 11 is 0. The molecule has 7 nitrogen and oxygen atoms in total. The minimum atomic E-state index is -0.621. The van der Waals surface area contributed by atoms with Gasteiger partial charge in [0.2, 0.25) is 0 Å². The Morgan fingerprint density at radius 1 is 1.19 bits per heavy atom. The Labute approximate surface area is 179 Å². The number of Topliss-reactive ketones (excluding diaryl/α,β-unsaturated/α-hetero) is 1. The van der Waals surface area contributed by atoms with Crippen molar-refractivity contribution >= 4 is 11.6 Å². The standard InChI is InChI=1S/C22H24F2N6O/c1-13-8-14(2)30(28-13)22-26-18(9-16-4-5-17(23)10-19(16)24)11-21(27-22)29-7-6-25-20(12-29)15(3)31/h4-5,8,10-11,20,25H,6-7,9,12H2,1-3H3/t20-/m1/s1. The number of rotatable bonds is 5. The number of ketones is 1. The van der Waals surface area contributed by atoms with E-state index in [4.69, 9.17) is 4.98 Å². The molecule has 1 N–H and O–H groups in total. The third-order valence-corrected chi connectivity index (χ3v) is 5.33. The van der Waals surface area contributed by atoms with Crippen LogP contribution < -0.4 is 10.2 Å². The molecule has 9 heteroatoms. The SMILES string of the molecule is CC(=O)[C@H]1CN(c2cc(Cc3ccc(F)cc3F)nc(-n3nc(C)cc3C)n2)CCN1. The lowest BCUT2D eigenvalue weighted by molar-refractivity contribution is -0.118. The highest BCUT2D eigenvalue weighted by molar-refractivity contribution is 5.82. The van der Waals surface area contributed by atoms with Crippen LogP contribution >= 0.6 is 0 Å². The molecule has 162 valence electrons. The molecule has 0 amide bonds. The number of aryl methyl sites for hydroxylation is 2. The minimum absolute atomic E-state index is 0.0612. The van der Waals surface area contributed by atoms with E-state index in [9.17, 15) is 13.6 Å². The van der Waals surface area contributed by atoms with E-state index >= 15 is 0 Å². The van der Waals surface area contributed by atoms with Gasteiger partial charge in [-0.1, -0.05) is 6.07 Å². The van der Waals surface area contributed by atoms with Crippen molar-refractivity contribution in [2.24, 2.45) is 0 Å². The summed E-state index contributed by atoms with van der Waals surface area (Å²) < 4.78 is 29.2. The summed E-state index contributed by atoms with van der Waals surface area (Å²) in [6.45, 7) is 7.15. The van der Waals surface area contributed by atoms with Crippen molar-refractivity contribution in [3.05, 3.63) is 64.6 Å². The lowest BCUT2D eigenvalue weighted by Crippen LogP contribution is -2.54. The number of nitrogens with zero attached hydrogens (tertiary/aromatic N) is 5. The van der Waals surface area contributed by atoms with Crippen molar-refractivity contribution in [3.8, 4) is 5.95 Å². The average Bonchev–Trinajstić information content (AvgIpc) is 3.08. The Kier molecular flexibility index (Phi) is 5.77. The number of hydrogen-bond acceptors (Lipinski definition) is 6. The third-order valence-electron chi connectivity index (χ3n) is 5.33. The van der Waals surface area contributed by atoms with Gasteiger partial charge in [0.05, 0.1) is 17.4 Å². The smallest absolute Gasteiger partial charge is 0.252 e. The van der Waals surface area contributed by atoms with Crippen LogP contribution in [0, 0.1) is 25.5 Å². The molecule has 1 aromatic carbocycles. The summed E-state index contributed by atoms with van der Waals surface area (Å²) in [7, 11) is 0. The van der Waals surface area contributed by atoms with E-state index in [-0.39, 0.29) is 18.2 Å². The molecule has 0 unspecified atom stereocenters. The first kappa shape index (κ1) is 21.0. The van der Waals surface area contributed by atoms with Crippen molar-refractivity contribution in [1.82, 2.24) is 25.1 Å². The minimum Gasteiger partial charge on any atom is -0.353 e. The number of benzene rings is 1. The Morgan fingerprint density at radius 2 is 2.00 bits per heavy atom. The zero-order chi connectivity index (χ0) is 22.1. The zero-order valence-corrected chi connectivity index (χ0v) is 17.7. The van der Waals surface area contributed by atoms with Gasteiger partial charge in [-0.05, 0) is 38.5 Å². The first-order chi connectivity index (χ1) is 14.8. The highest BCUT2D eigenvalue weighted by Gasteiger charge is 2.25. The number of nitrogens with one attached hydrogen (secondary N) is 1. The normalized spacial score (nSPS) is 16.5. The highest BCUT2D eigenvalue weighted by Crippen LogP contribution is 2.21. The van der Waals surface area contributed by atoms with Crippen LogP contribution in [0.2, 0.25) is 0 Å². The summed E-state index contributed by atoms with van der Waals surface area (Å²) in [5.41, 5.74) is 2.62. The van der Waals surface area contributed by atoms with Crippen molar-refractivity contribution < 1.29 is 13.6 Å². The summed E-state index contributed by atoms with van der Waals surface area (Å²) in [5, 5.41) is 7.68. The van der Waals surface area contributed by atoms with Crippen molar-refractivity contribution in [3.63, 3.8) is 0 Å². The van der Waals surface area contributed by atoms with E-state index in [2.05, 4.69) is 15.4 Å². The lowest BCUT2D eigenvalue weighted by Gasteiger charge is -2.33. The van der Waals surface area contributed by atoms with Gasteiger partial charge in [-0.15, -0.1) is 0 Å². The van der Waals surface area contributed by atoms with E-state index in [1.165, 1.54) is 12.1 Å². The molecule has 3 aromatic rings. The Hall–Kier alpha value is -3.20. The number of carbonyl (C=O) groups excluding carboxylic acids is 1. The fraction of sp³-hybridized carbons (Fsp3) is 0.364. The predicted octanol–water partition coefficient (Wildman–Crippen LogP) is 2.52. The maximum atomic E-state index is 14.3. The topological polar surface area (TPSA) is 75.9 Å². The number of piperazine rings is 1. The summed E-state index contributed by atoms with van der Waals surface area (Å²) in [6, 6.07) is 6.96. The molecular formula is C22H24F2N6O. The first-order valence-corrected chi connectivity index (χ1v) is 10.1. The molecular weight excluding hydrogens is 402 g/mol. The van der Waals surface area contributed by atoms with E-state index in [1.807, 2.05) is 24.8 Å². The zero-order valence-electron chi connectivity index (χ0n) is 17.7. The van der Waals surface area contributed by atoms with Gasteiger partial charge in [-0.2, -0.15) is 10.1 Å². The lowest BCUT2D eigenvalue weighted by atomic mass is 10.1. The molecule has 31 heavy (non-hydrogen) atoms. The van der Waals surface area contributed by atoms with E-state index in [0.29, 0.717) is 42.7 Å². The largest absolute Gasteiger partial charge is 0.353 e. The van der Waals surface area contributed by atoms with Gasteiger partial charge in [0.15, 0.2) is 0 Å². The van der Waals surface area contributed by atoms with Gasteiger partial charge in [0.25, 0.3) is 5.95 Å². The van der Waals surface area contributed by atoms with Crippen molar-refractivity contribution in [1.29, 1.82) is 0 Å². The molecule has 1 atom stereocenters. The Balaban J connectivity index is 1.75. The number of halogens is 2. The molecule has 0 radical (unpaired) electrons. The Morgan fingerprint density at radius 3 is 2.68 bits per heavy atom. The Bertz CT molecular complexity index is 1130. The van der Waals surface area contributed by atoms with E-state index in [0.717, 1.165) is 17.5 Å². The quantitative estimate of drug-likeness (QED) is 0.676. The molecule has 0 bridgehead atoms. The summed E-state index contributed by atoms with van der Waals surface area (Å²) in [4.78, 5) is 23.2. The van der Waals surface area contributed by atoms with E-state index < -0.39 is 11.6 Å². The van der Waals surface area contributed by atoms with Crippen LogP contribution in [0.25, 0.3) is 5.95 Å². The van der Waals surface area contributed by atoms with Crippen LogP contribution in [0.15, 0.2) is 30.3 Å². The molecule has 0 spiro atoms. The molecule has 3 heterocycles. The monoisotopic (exact) mass is 426 g/mol. The highest BCUT2D eigenvalue weighted by atomic mass is 19.1. The fourth-order valence-electron chi connectivity index (χ4n) is 3.74. The van der Waals surface area contributed by atoms with Crippen LogP contribution in [0.3, 0.4) is 0 Å². The fourth-order valence-corrected chi connectivity index (χ4v) is 3.74. The first-order valence-electron chi connectivity index (χ1n) is 10.1. The van der Waals surface area contributed by atoms with Crippen LogP contribution in [0.5, 0.6) is 0 Å². The number of carbonyl (C=O) groups is 1. The summed E-state index contributed by atoms with van der Waals surface area (Å²) in [5.74, 6) is -0.164. The van der Waals surface area contributed by atoms with Crippen LogP contribution in [0.1, 0.15) is 29.6 Å². The van der Waals surface area contributed by atoms with Gasteiger partial charge >= 0.3 is 0 Å². The van der Waals surface area contributed by atoms with Crippen LogP contribution in [-0.2, 0) is 11.2 Å². The van der Waals surface area contributed by atoms with Crippen LogP contribution in [-0.4, -0.2) is 51.2 Å². The van der Waals surface area contributed by atoms with Gasteiger partial charge in [0.1, 0.15) is 23.2 Å². The number of anilines is 1. The summed E-state index contributed by atoms with van der Waals surface area (Å²) in [6.07, 6.45) is 0.177. The molecule has 1 fully saturated rings. The molecule has 2 aromatic heterocycles. The second kappa shape index (κ2) is 8.50. The maximum Gasteiger partial charge on any atom is 0.252 e. The van der Waals surface area contributed by atoms with Crippen molar-refractivity contribution in [2.45, 2.75) is 33.2 Å². The molecule has 4 rings (SSSR count). The average molecular weight is 426 g/mol. The molecule has 1 aliphatic heterocycles. The van der Waals surface area contributed by atoms with Gasteiger partial charge in [0, 0.05) is 43.9 Å². The molecule has 0 saturated carbocycles. The van der Waals surface area contributed by atoms with E-state index in [1.54, 1.807) is 17.7 Å². The van der Waals surface area contributed by atoms with Crippen LogP contribution in [0.4, 0.5) is 14.6 Å².